The second kappa shape index (κ2) is 12.3. The van der Waals surface area contributed by atoms with Gasteiger partial charge in [0.2, 0.25) is 0 Å². The molecular weight excluding hydrogens is 496 g/mol. The van der Waals surface area contributed by atoms with Gasteiger partial charge in [-0.3, -0.25) is 4.99 Å². The smallest absolute Gasteiger partial charge is 0.356 e. The fraction of sp³-hybridized carbons (Fsp3) is 0.938. The second-order valence-electron chi connectivity index (χ2n) is 6.79. The summed E-state index contributed by atoms with van der Waals surface area (Å²) >= 11 is 0. The first-order chi connectivity index (χ1) is 12.1. The van der Waals surface area contributed by atoms with E-state index in [1.807, 2.05) is 0 Å². The number of hydrogen-bond acceptors (Lipinski definition) is 3. The summed E-state index contributed by atoms with van der Waals surface area (Å²) in [7, 11) is -3.54. The molecule has 1 aliphatic heterocycles. The second-order valence-corrected chi connectivity index (χ2v) is 8.72. The Morgan fingerprint density at radius 2 is 1.85 bits per heavy atom. The van der Waals surface area contributed by atoms with Gasteiger partial charge in [0, 0.05) is 32.7 Å². The first kappa shape index (κ1) is 26.7. The largest absolute Gasteiger partial charge is 0.511 e. The fourth-order valence-electron chi connectivity index (χ4n) is 2.94. The number of unbranched alkanes of at least 4 members (excludes halogenated alkanes) is 2. The van der Waals surface area contributed by atoms with Crippen molar-refractivity contribution in [1.82, 2.24) is 14.9 Å². The molecule has 1 saturated heterocycles. The minimum atomic E-state index is -5.22. The number of nitrogens with one attached hydrogen (secondary N) is 2. The highest BCUT2D eigenvalue weighted by Gasteiger charge is 2.50. The van der Waals surface area contributed by atoms with Gasteiger partial charge >= 0.3 is 15.5 Å². The summed E-state index contributed by atoms with van der Waals surface area (Å²) in [5, 5.41) is 6.49. The number of alkyl halides is 3. The van der Waals surface area contributed by atoms with Crippen LogP contribution in [0.15, 0.2) is 4.99 Å². The van der Waals surface area contributed by atoms with Gasteiger partial charge in [-0.1, -0.05) is 26.2 Å². The van der Waals surface area contributed by atoms with Gasteiger partial charge in [-0.2, -0.15) is 17.5 Å². The van der Waals surface area contributed by atoms with E-state index in [4.69, 9.17) is 0 Å². The first-order valence-electron chi connectivity index (χ1n) is 9.15. The van der Waals surface area contributed by atoms with Gasteiger partial charge in [-0.05, 0) is 32.1 Å². The van der Waals surface area contributed by atoms with Crippen molar-refractivity contribution in [3.63, 3.8) is 0 Å². The maximum Gasteiger partial charge on any atom is 0.511 e. The maximum atomic E-state index is 12.6. The molecule has 0 aromatic heterocycles. The van der Waals surface area contributed by atoms with E-state index >= 15 is 0 Å². The Labute approximate surface area is 177 Å². The van der Waals surface area contributed by atoms with E-state index in [2.05, 4.69) is 29.5 Å². The molecule has 27 heavy (non-hydrogen) atoms. The molecule has 0 aromatic carbocycles. The lowest BCUT2D eigenvalue weighted by Gasteiger charge is -2.32. The third-order valence-corrected chi connectivity index (χ3v) is 6.24. The Morgan fingerprint density at radius 3 is 2.33 bits per heavy atom. The topological polar surface area (TPSA) is 73.8 Å². The van der Waals surface area contributed by atoms with E-state index in [9.17, 15) is 21.6 Å². The van der Waals surface area contributed by atoms with Gasteiger partial charge in [-0.25, -0.2) is 8.42 Å². The number of piperidine rings is 1. The normalized spacial score (nSPS) is 18.7. The molecule has 1 fully saturated rings. The van der Waals surface area contributed by atoms with Crippen molar-refractivity contribution in [1.29, 1.82) is 0 Å². The zero-order chi connectivity index (χ0) is 19.8. The molecule has 1 atom stereocenters. The van der Waals surface area contributed by atoms with Crippen molar-refractivity contribution >= 4 is 40.0 Å². The van der Waals surface area contributed by atoms with E-state index in [0.717, 1.165) is 12.8 Å². The van der Waals surface area contributed by atoms with Crippen LogP contribution in [0.25, 0.3) is 0 Å². The molecule has 11 heteroatoms. The Bertz CT molecular complexity index is 550. The van der Waals surface area contributed by atoms with Crippen LogP contribution in [0.5, 0.6) is 0 Å². The molecule has 0 radical (unpaired) electrons. The minimum Gasteiger partial charge on any atom is -0.356 e. The van der Waals surface area contributed by atoms with E-state index in [0.29, 0.717) is 29.7 Å². The summed E-state index contributed by atoms with van der Waals surface area (Å²) in [4.78, 5) is 4.17. The third kappa shape index (κ3) is 8.71. The van der Waals surface area contributed by atoms with Crippen LogP contribution in [0, 0.1) is 5.92 Å². The van der Waals surface area contributed by atoms with E-state index in [1.165, 1.54) is 12.8 Å². The van der Waals surface area contributed by atoms with Crippen LogP contribution < -0.4 is 10.6 Å². The number of halogens is 4. The van der Waals surface area contributed by atoms with Gasteiger partial charge in [0.15, 0.2) is 5.96 Å². The quantitative estimate of drug-likeness (QED) is 0.220. The number of aliphatic imine (C=N–C) groups is 1. The van der Waals surface area contributed by atoms with Crippen molar-refractivity contribution in [2.45, 2.75) is 63.9 Å². The summed E-state index contributed by atoms with van der Waals surface area (Å²) in [6, 6.07) is 0.284. The molecule has 1 rings (SSSR count). The predicted molar refractivity (Wildman–Crippen MR) is 113 cm³/mol. The molecule has 0 aliphatic carbocycles. The summed E-state index contributed by atoms with van der Waals surface area (Å²) in [6.07, 6.45) is 5.34. The van der Waals surface area contributed by atoms with E-state index < -0.39 is 15.5 Å². The fourth-order valence-corrected chi connectivity index (χ4v) is 3.93. The number of nitrogens with zero attached hydrogens (tertiary/aromatic N) is 2. The molecule has 1 heterocycles. The van der Waals surface area contributed by atoms with Crippen molar-refractivity contribution < 1.29 is 21.6 Å². The van der Waals surface area contributed by atoms with Crippen molar-refractivity contribution in [3.05, 3.63) is 0 Å². The van der Waals surface area contributed by atoms with Crippen molar-refractivity contribution in [2.75, 3.05) is 26.7 Å². The average Bonchev–Trinajstić information content (AvgIpc) is 2.58. The van der Waals surface area contributed by atoms with Crippen LogP contribution in [0.3, 0.4) is 0 Å². The summed E-state index contributed by atoms with van der Waals surface area (Å²) in [5.74, 6) is 0.781. The highest BCUT2D eigenvalue weighted by atomic mass is 127. The molecule has 1 unspecified atom stereocenters. The van der Waals surface area contributed by atoms with E-state index in [1.54, 1.807) is 7.05 Å². The summed E-state index contributed by atoms with van der Waals surface area (Å²) in [5.41, 5.74) is -5.22. The van der Waals surface area contributed by atoms with Gasteiger partial charge in [0.05, 0.1) is 0 Å². The third-order valence-electron chi connectivity index (χ3n) is 4.61. The molecule has 0 spiro atoms. The molecule has 0 amide bonds. The number of sulfonamides is 1. The van der Waals surface area contributed by atoms with Crippen LogP contribution in [0.2, 0.25) is 0 Å². The van der Waals surface area contributed by atoms with Crippen LogP contribution >= 0.6 is 24.0 Å². The number of rotatable bonds is 8. The highest BCUT2D eigenvalue weighted by Crippen LogP contribution is 2.30. The van der Waals surface area contributed by atoms with Crippen molar-refractivity contribution in [2.24, 2.45) is 10.9 Å². The molecule has 6 nitrogen and oxygen atoms in total. The molecule has 0 bridgehead atoms. The van der Waals surface area contributed by atoms with Crippen LogP contribution in [0.4, 0.5) is 13.2 Å². The van der Waals surface area contributed by atoms with Crippen LogP contribution in [-0.4, -0.2) is 56.9 Å². The van der Waals surface area contributed by atoms with E-state index in [-0.39, 0.29) is 49.0 Å². The Hall–Kier alpha value is -0.300. The molecule has 1 aliphatic rings. The Kier molecular flexibility index (Phi) is 12.2. The predicted octanol–water partition coefficient (Wildman–Crippen LogP) is 3.30. The number of guanidine groups is 1. The Morgan fingerprint density at radius 1 is 1.26 bits per heavy atom. The number of hydrogen-bond donors (Lipinski definition) is 2. The summed E-state index contributed by atoms with van der Waals surface area (Å²) < 4.78 is 61.1. The lowest BCUT2D eigenvalue weighted by atomic mass is 9.98. The van der Waals surface area contributed by atoms with Crippen LogP contribution in [-0.2, 0) is 10.0 Å². The van der Waals surface area contributed by atoms with Gasteiger partial charge < -0.3 is 10.6 Å². The molecule has 162 valence electrons. The van der Waals surface area contributed by atoms with Crippen molar-refractivity contribution in [3.8, 4) is 0 Å². The average molecular weight is 528 g/mol. The lowest BCUT2D eigenvalue weighted by molar-refractivity contribution is -0.0496. The zero-order valence-corrected chi connectivity index (χ0v) is 19.3. The van der Waals surface area contributed by atoms with Gasteiger partial charge in [0.25, 0.3) is 0 Å². The standard InChI is InChI=1S/C16H31F3N4O2S.HI/c1-4-5-6-7-13(2)22-15(20-3)21-12-14-8-10-23(11-9-14)26(24,25)16(17,18)19;/h13-14H,4-12H2,1-3H3,(H2,20,21,22);1H. The molecule has 0 aromatic rings. The zero-order valence-electron chi connectivity index (χ0n) is 16.2. The molecular formula is C16H32F3IN4O2S. The van der Waals surface area contributed by atoms with Gasteiger partial charge in [-0.15, -0.1) is 24.0 Å². The SMILES string of the molecule is CCCCCC(C)NC(=NC)NCC1CCN(S(=O)(=O)C(F)(F)F)CC1.I. The van der Waals surface area contributed by atoms with Gasteiger partial charge in [0.1, 0.15) is 0 Å². The molecule has 2 N–H and O–H groups in total. The maximum absolute atomic E-state index is 12.6. The summed E-state index contributed by atoms with van der Waals surface area (Å²) in [6.45, 7) is 4.59. The Balaban J connectivity index is 0.00000676. The minimum absolute atomic E-state index is 0. The lowest BCUT2D eigenvalue weighted by Crippen LogP contribution is -2.48. The molecule has 0 saturated carbocycles. The first-order valence-corrected chi connectivity index (χ1v) is 10.6. The highest BCUT2D eigenvalue weighted by molar-refractivity contribution is 14.0. The monoisotopic (exact) mass is 528 g/mol. The van der Waals surface area contributed by atoms with Crippen LogP contribution in [0.1, 0.15) is 52.4 Å².